The average Bonchev–Trinajstić information content (AvgIpc) is 3.98. The lowest BCUT2D eigenvalue weighted by atomic mass is 9.70. The van der Waals surface area contributed by atoms with Crippen molar-refractivity contribution < 1.29 is 0 Å². The van der Waals surface area contributed by atoms with Crippen molar-refractivity contribution in [3.63, 3.8) is 0 Å². The third kappa shape index (κ3) is 5.35. The maximum atomic E-state index is 2.56. The van der Waals surface area contributed by atoms with Crippen LogP contribution in [0.4, 0.5) is 17.1 Å². The summed E-state index contributed by atoms with van der Waals surface area (Å²) in [5.41, 5.74) is 21.2. The molecule has 1 aromatic heterocycles. The molecule has 0 N–H and O–H groups in total. The van der Waals surface area contributed by atoms with Gasteiger partial charge in [-0.05, 0) is 120 Å². The largest absolute Gasteiger partial charge is 0.310 e. The molecule has 1 heterocycles. The highest BCUT2D eigenvalue weighted by Crippen LogP contribution is 2.65. The van der Waals surface area contributed by atoms with E-state index in [0.717, 1.165) is 17.1 Å². The lowest BCUT2D eigenvalue weighted by Crippen LogP contribution is -2.25. The normalized spacial score (nSPS) is 12.9. The molecule has 294 valence electrons. The zero-order valence-corrected chi connectivity index (χ0v) is 35.2. The Morgan fingerprint density at radius 1 is 0.302 bits per heavy atom. The van der Waals surface area contributed by atoms with Crippen LogP contribution in [0.3, 0.4) is 0 Å². The third-order valence-electron chi connectivity index (χ3n) is 13.5. The van der Waals surface area contributed by atoms with Gasteiger partial charge in [-0.1, -0.05) is 194 Å². The second-order valence-electron chi connectivity index (χ2n) is 16.7. The maximum Gasteiger partial charge on any atom is 0.0726 e. The van der Waals surface area contributed by atoms with Crippen LogP contribution < -0.4 is 4.90 Å². The van der Waals surface area contributed by atoms with E-state index >= 15 is 0 Å². The number of rotatable bonds is 6. The van der Waals surface area contributed by atoms with Gasteiger partial charge in [-0.25, -0.2) is 0 Å². The van der Waals surface area contributed by atoms with E-state index in [1.54, 1.807) is 0 Å². The molecule has 13 rings (SSSR count). The smallest absolute Gasteiger partial charge is 0.0726 e. The summed E-state index contributed by atoms with van der Waals surface area (Å²) in [5, 5.41) is 2.61. The van der Waals surface area contributed by atoms with Crippen LogP contribution in [-0.4, -0.2) is 0 Å². The molecule has 1 nitrogen and oxygen atoms in total. The highest BCUT2D eigenvalue weighted by atomic mass is 32.1. The van der Waals surface area contributed by atoms with E-state index in [1.165, 1.54) is 98.1 Å². The van der Waals surface area contributed by atoms with E-state index in [-0.39, 0.29) is 0 Å². The Hall–Kier alpha value is -7.78. The second-order valence-corrected chi connectivity index (χ2v) is 17.8. The first-order valence-corrected chi connectivity index (χ1v) is 22.6. The molecule has 0 amide bonds. The SMILES string of the molecule is c1ccc(-c2ccc(-c3ccc(N(c4ccccc4)c4ccc5c(c4)sc4cc6c(c(-c7ccccc7)c45)-c4ccccc4C64c5ccccc5-c5ccccc54)cc3)cc2)cc1. The fourth-order valence-corrected chi connectivity index (χ4v) is 12.0. The van der Waals surface area contributed by atoms with Crippen LogP contribution in [0.2, 0.25) is 0 Å². The minimum Gasteiger partial charge on any atom is -0.310 e. The van der Waals surface area contributed by atoms with Crippen LogP contribution in [0.5, 0.6) is 0 Å². The summed E-state index contributed by atoms with van der Waals surface area (Å²) in [6.07, 6.45) is 0. The zero-order valence-electron chi connectivity index (χ0n) is 34.4. The fourth-order valence-electron chi connectivity index (χ4n) is 10.8. The number of anilines is 3. The van der Waals surface area contributed by atoms with Crippen molar-refractivity contribution in [2.75, 3.05) is 4.90 Å². The van der Waals surface area contributed by atoms with Crippen molar-refractivity contribution in [3.05, 3.63) is 259 Å². The monoisotopic (exact) mass is 817 g/mol. The lowest BCUT2D eigenvalue weighted by Gasteiger charge is -2.30. The van der Waals surface area contributed by atoms with E-state index < -0.39 is 5.41 Å². The summed E-state index contributed by atoms with van der Waals surface area (Å²) >= 11 is 1.91. The molecule has 10 aromatic carbocycles. The first-order valence-electron chi connectivity index (χ1n) is 21.8. The van der Waals surface area contributed by atoms with Crippen molar-refractivity contribution >= 4 is 48.6 Å². The molecular formula is C61H39NS. The molecule has 63 heavy (non-hydrogen) atoms. The van der Waals surface area contributed by atoms with Gasteiger partial charge in [0.1, 0.15) is 0 Å². The van der Waals surface area contributed by atoms with Crippen molar-refractivity contribution in [3.8, 4) is 55.6 Å². The second kappa shape index (κ2) is 14.1. The summed E-state index contributed by atoms with van der Waals surface area (Å²) in [4.78, 5) is 2.39. The van der Waals surface area contributed by atoms with Crippen molar-refractivity contribution in [2.24, 2.45) is 0 Å². The predicted molar refractivity (Wildman–Crippen MR) is 267 cm³/mol. The molecule has 0 saturated carbocycles. The summed E-state index contributed by atoms with van der Waals surface area (Å²) < 4.78 is 2.58. The Kier molecular flexibility index (Phi) is 8.06. The van der Waals surface area contributed by atoms with Crippen molar-refractivity contribution in [2.45, 2.75) is 5.41 Å². The van der Waals surface area contributed by atoms with Crippen molar-refractivity contribution in [1.82, 2.24) is 0 Å². The van der Waals surface area contributed by atoms with Gasteiger partial charge in [-0.2, -0.15) is 0 Å². The quantitative estimate of drug-likeness (QED) is 0.162. The van der Waals surface area contributed by atoms with Gasteiger partial charge in [0.05, 0.1) is 5.41 Å². The Balaban J connectivity index is 0.996. The number of hydrogen-bond acceptors (Lipinski definition) is 2. The molecule has 0 saturated heterocycles. The van der Waals surface area contributed by atoms with Gasteiger partial charge < -0.3 is 4.90 Å². The Bertz CT molecular complexity index is 3490. The highest BCUT2D eigenvalue weighted by molar-refractivity contribution is 7.26. The van der Waals surface area contributed by atoms with Crippen LogP contribution in [0.1, 0.15) is 22.3 Å². The Labute approximate surface area is 371 Å². The van der Waals surface area contributed by atoms with E-state index in [9.17, 15) is 0 Å². The Morgan fingerprint density at radius 2 is 0.746 bits per heavy atom. The topological polar surface area (TPSA) is 3.24 Å². The minimum absolute atomic E-state index is 0.418. The van der Waals surface area contributed by atoms with E-state index in [1.807, 2.05) is 11.3 Å². The molecule has 1 spiro atoms. The fraction of sp³-hybridized carbons (Fsp3) is 0.0164. The van der Waals surface area contributed by atoms with Gasteiger partial charge in [0, 0.05) is 37.2 Å². The van der Waals surface area contributed by atoms with Gasteiger partial charge in [-0.3, -0.25) is 0 Å². The number of para-hydroxylation sites is 1. The maximum absolute atomic E-state index is 2.56. The first kappa shape index (κ1) is 35.9. The molecule has 2 aliphatic carbocycles. The molecule has 0 radical (unpaired) electrons. The molecule has 0 unspecified atom stereocenters. The number of thiophene rings is 1. The molecule has 0 fully saturated rings. The van der Waals surface area contributed by atoms with Gasteiger partial charge in [-0.15, -0.1) is 11.3 Å². The molecule has 0 bridgehead atoms. The third-order valence-corrected chi connectivity index (χ3v) is 14.6. The van der Waals surface area contributed by atoms with Gasteiger partial charge in [0.25, 0.3) is 0 Å². The lowest BCUT2D eigenvalue weighted by molar-refractivity contribution is 0.795. The minimum atomic E-state index is -0.418. The molecule has 0 aliphatic heterocycles. The van der Waals surface area contributed by atoms with E-state index in [4.69, 9.17) is 0 Å². The van der Waals surface area contributed by atoms with Crippen LogP contribution in [0, 0.1) is 0 Å². The molecule has 0 atom stereocenters. The van der Waals surface area contributed by atoms with Gasteiger partial charge in [0.15, 0.2) is 0 Å². The predicted octanol–water partition coefficient (Wildman–Crippen LogP) is 16.9. The van der Waals surface area contributed by atoms with Crippen LogP contribution in [-0.2, 0) is 5.41 Å². The van der Waals surface area contributed by atoms with Crippen LogP contribution >= 0.6 is 11.3 Å². The highest BCUT2D eigenvalue weighted by Gasteiger charge is 2.52. The summed E-state index contributed by atoms with van der Waals surface area (Å²) in [5.74, 6) is 0. The summed E-state index contributed by atoms with van der Waals surface area (Å²) in [7, 11) is 0. The van der Waals surface area contributed by atoms with Gasteiger partial charge in [0.2, 0.25) is 0 Å². The molecule has 2 aliphatic rings. The summed E-state index contributed by atoms with van der Waals surface area (Å²) in [6.45, 7) is 0. The van der Waals surface area contributed by atoms with Gasteiger partial charge >= 0.3 is 0 Å². The zero-order chi connectivity index (χ0) is 41.5. The van der Waals surface area contributed by atoms with Crippen LogP contribution in [0.15, 0.2) is 237 Å². The first-order chi connectivity index (χ1) is 31.3. The Morgan fingerprint density at radius 3 is 1.35 bits per heavy atom. The summed E-state index contributed by atoms with van der Waals surface area (Å²) in [6, 6.07) is 87.4. The number of benzene rings is 10. The average molecular weight is 818 g/mol. The van der Waals surface area contributed by atoms with Crippen molar-refractivity contribution in [1.29, 1.82) is 0 Å². The number of nitrogens with zero attached hydrogens (tertiary/aromatic N) is 1. The number of fused-ring (bicyclic) bond motifs is 13. The van der Waals surface area contributed by atoms with E-state index in [2.05, 4.69) is 241 Å². The molecule has 11 aromatic rings. The molecule has 2 heteroatoms. The molecular weight excluding hydrogens is 779 g/mol. The van der Waals surface area contributed by atoms with E-state index in [0.29, 0.717) is 0 Å². The van der Waals surface area contributed by atoms with Crippen LogP contribution in [0.25, 0.3) is 75.8 Å². The standard InChI is InChI=1S/C61H39NS/c1-4-16-40(17-5-1)41-28-30-42(31-29-41)43-32-34-46(35-33-43)62(45-20-8-3-9-21-45)47-36-37-51-56(38-47)63-57-39-55-59(58(60(51)57)44-18-6-2-7-19-44)50-24-12-15-27-54(50)61(55)52-25-13-10-22-48(52)49-23-11-14-26-53(49)61/h1-39H. The number of hydrogen-bond donors (Lipinski definition) is 0.